The molecule has 2 unspecified atom stereocenters. The molecule has 1 aliphatic carbocycles. The van der Waals surface area contributed by atoms with Crippen molar-refractivity contribution in [1.82, 2.24) is 29.3 Å². The molecule has 5 heterocycles. The van der Waals surface area contributed by atoms with Crippen molar-refractivity contribution in [2.75, 3.05) is 20.2 Å². The van der Waals surface area contributed by atoms with Gasteiger partial charge in [-0.05, 0) is 44.0 Å². The lowest BCUT2D eigenvalue weighted by Crippen LogP contribution is -2.14. The van der Waals surface area contributed by atoms with Gasteiger partial charge in [0.15, 0.2) is 17.0 Å². The first kappa shape index (κ1) is 17.8. The summed E-state index contributed by atoms with van der Waals surface area (Å²) >= 11 is 0. The summed E-state index contributed by atoms with van der Waals surface area (Å²) in [5, 5.41) is 7.92. The van der Waals surface area contributed by atoms with Crippen molar-refractivity contribution in [2.45, 2.75) is 19.3 Å². The topological polar surface area (TPSA) is 68.8 Å². The van der Waals surface area contributed by atoms with Crippen molar-refractivity contribution in [2.24, 2.45) is 11.8 Å². The van der Waals surface area contributed by atoms with E-state index in [1.165, 1.54) is 10.6 Å². The van der Waals surface area contributed by atoms with Crippen LogP contribution in [0.3, 0.4) is 0 Å². The number of hydrogen-bond donors (Lipinski definition) is 1. The van der Waals surface area contributed by atoms with Crippen molar-refractivity contribution >= 4 is 11.3 Å². The highest BCUT2D eigenvalue weighted by molar-refractivity contribution is 5.69. The SMILES string of the molecule is COc1cc(-c2cc(C(F)F)c3nc(C)cn3n2)cn2cc(C3C4CNCC43)nc12. The number of piperidine rings is 1. The van der Waals surface area contributed by atoms with E-state index in [9.17, 15) is 8.78 Å². The quantitative estimate of drug-likeness (QED) is 0.560. The second kappa shape index (κ2) is 6.21. The van der Waals surface area contributed by atoms with Crippen LogP contribution in [0.5, 0.6) is 5.75 Å². The minimum Gasteiger partial charge on any atom is -0.493 e. The summed E-state index contributed by atoms with van der Waals surface area (Å²) in [5.74, 6) is 2.38. The van der Waals surface area contributed by atoms with E-state index >= 15 is 0 Å². The number of aromatic nitrogens is 5. The Hall–Kier alpha value is -3.07. The number of imidazole rings is 2. The average molecular weight is 410 g/mol. The molecule has 0 aromatic carbocycles. The number of alkyl halides is 2. The van der Waals surface area contributed by atoms with Gasteiger partial charge in [-0.1, -0.05) is 0 Å². The van der Waals surface area contributed by atoms with Gasteiger partial charge in [-0.2, -0.15) is 5.10 Å². The number of hydrogen-bond acceptors (Lipinski definition) is 5. The fourth-order valence-corrected chi connectivity index (χ4v) is 4.81. The molecular formula is C21H20F2N6O. The first-order valence-corrected chi connectivity index (χ1v) is 9.96. The molecule has 9 heteroatoms. The molecule has 2 fully saturated rings. The van der Waals surface area contributed by atoms with Gasteiger partial charge in [-0.3, -0.25) is 0 Å². The Kier molecular flexibility index (Phi) is 3.68. The van der Waals surface area contributed by atoms with E-state index in [4.69, 9.17) is 9.72 Å². The van der Waals surface area contributed by atoms with Crippen LogP contribution in [-0.2, 0) is 0 Å². The second-order valence-electron chi connectivity index (χ2n) is 8.14. The standard InChI is InChI=1S/C21H20F2N6O/c1-10-7-29-20(25-10)12(19(22)23)4-15(27-29)11-3-17(30-2)21-26-16(9-28(21)8-11)18-13-5-24-6-14(13)18/h3-4,7-9,13-14,18-19,24H,5-6H2,1-2H3. The van der Waals surface area contributed by atoms with Gasteiger partial charge in [0.05, 0.1) is 36.0 Å². The van der Waals surface area contributed by atoms with Gasteiger partial charge in [-0.15, -0.1) is 0 Å². The zero-order valence-electron chi connectivity index (χ0n) is 16.5. The number of methoxy groups -OCH3 is 1. The predicted octanol–water partition coefficient (Wildman–Crippen LogP) is 3.23. The van der Waals surface area contributed by atoms with E-state index in [1.807, 2.05) is 16.8 Å². The lowest BCUT2D eigenvalue weighted by Gasteiger charge is -2.09. The molecule has 2 aliphatic rings. The van der Waals surface area contributed by atoms with Gasteiger partial charge < -0.3 is 14.5 Å². The normalized spacial score (nSPS) is 22.9. The Labute approximate surface area is 170 Å². The van der Waals surface area contributed by atoms with Crippen molar-refractivity contribution in [3.63, 3.8) is 0 Å². The first-order chi connectivity index (χ1) is 14.5. The highest BCUT2D eigenvalue weighted by atomic mass is 19.3. The summed E-state index contributed by atoms with van der Waals surface area (Å²) in [6.45, 7) is 3.83. The van der Waals surface area contributed by atoms with Gasteiger partial charge in [0.1, 0.15) is 0 Å². The number of nitrogens with zero attached hydrogens (tertiary/aromatic N) is 5. The molecule has 4 aromatic heterocycles. The van der Waals surface area contributed by atoms with Gasteiger partial charge in [0, 0.05) is 23.9 Å². The van der Waals surface area contributed by atoms with Crippen LogP contribution in [0.25, 0.3) is 22.6 Å². The van der Waals surface area contributed by atoms with E-state index in [1.54, 1.807) is 26.3 Å². The van der Waals surface area contributed by atoms with E-state index in [0.717, 1.165) is 24.4 Å². The summed E-state index contributed by atoms with van der Waals surface area (Å²) in [5.41, 5.74) is 3.56. The molecule has 0 amide bonds. The first-order valence-electron chi connectivity index (χ1n) is 9.96. The third-order valence-corrected chi connectivity index (χ3v) is 6.29. The maximum atomic E-state index is 13.7. The molecule has 0 radical (unpaired) electrons. The maximum Gasteiger partial charge on any atom is 0.267 e. The minimum atomic E-state index is -2.65. The zero-order chi connectivity index (χ0) is 20.6. The summed E-state index contributed by atoms with van der Waals surface area (Å²) in [6, 6.07) is 3.20. The molecule has 1 saturated heterocycles. The largest absolute Gasteiger partial charge is 0.493 e. The molecule has 4 aromatic rings. The molecule has 30 heavy (non-hydrogen) atoms. The summed E-state index contributed by atoms with van der Waals surface area (Å²) < 4.78 is 36.3. The van der Waals surface area contributed by atoms with Crippen LogP contribution < -0.4 is 10.1 Å². The van der Waals surface area contributed by atoms with Crippen molar-refractivity contribution in [3.05, 3.63) is 47.7 Å². The number of fused-ring (bicyclic) bond motifs is 3. The fraction of sp³-hybridized carbons (Fsp3) is 0.381. The molecular weight excluding hydrogens is 390 g/mol. The molecule has 154 valence electrons. The van der Waals surface area contributed by atoms with Crippen molar-refractivity contribution in [1.29, 1.82) is 0 Å². The Morgan fingerprint density at radius 1 is 1.10 bits per heavy atom. The molecule has 1 saturated carbocycles. The van der Waals surface area contributed by atoms with Gasteiger partial charge in [-0.25, -0.2) is 23.3 Å². The van der Waals surface area contributed by atoms with Crippen LogP contribution in [0.2, 0.25) is 0 Å². The zero-order valence-corrected chi connectivity index (χ0v) is 16.5. The van der Waals surface area contributed by atoms with Crippen LogP contribution >= 0.6 is 0 Å². The number of nitrogens with one attached hydrogen (secondary N) is 1. The summed E-state index contributed by atoms with van der Waals surface area (Å²) in [4.78, 5) is 9.00. The molecule has 6 rings (SSSR count). The maximum absolute atomic E-state index is 13.7. The highest BCUT2D eigenvalue weighted by Crippen LogP contribution is 2.55. The second-order valence-corrected chi connectivity index (χ2v) is 8.14. The molecule has 1 N–H and O–H groups in total. The van der Waals surface area contributed by atoms with Gasteiger partial charge >= 0.3 is 0 Å². The molecule has 1 aliphatic heterocycles. The van der Waals surface area contributed by atoms with E-state index in [-0.39, 0.29) is 11.2 Å². The number of aryl methyl sites for hydroxylation is 1. The van der Waals surface area contributed by atoms with E-state index in [2.05, 4.69) is 15.4 Å². The molecule has 7 nitrogen and oxygen atoms in total. The minimum absolute atomic E-state index is 0.142. The Morgan fingerprint density at radius 2 is 1.90 bits per heavy atom. The van der Waals surface area contributed by atoms with Crippen LogP contribution in [0, 0.1) is 18.8 Å². The Morgan fingerprint density at radius 3 is 2.63 bits per heavy atom. The lowest BCUT2D eigenvalue weighted by atomic mass is 10.1. The monoisotopic (exact) mass is 410 g/mol. The number of rotatable bonds is 4. The molecule has 2 atom stereocenters. The predicted molar refractivity (Wildman–Crippen MR) is 106 cm³/mol. The van der Waals surface area contributed by atoms with Gasteiger partial charge in [0.25, 0.3) is 6.43 Å². The number of ether oxygens (including phenoxy) is 1. The van der Waals surface area contributed by atoms with Crippen LogP contribution in [-0.4, -0.2) is 44.2 Å². The lowest BCUT2D eigenvalue weighted by molar-refractivity contribution is 0.152. The Bertz CT molecular complexity index is 1290. The Balaban J connectivity index is 1.49. The van der Waals surface area contributed by atoms with Crippen molar-refractivity contribution in [3.8, 4) is 17.0 Å². The molecule has 0 spiro atoms. The van der Waals surface area contributed by atoms with E-state index in [0.29, 0.717) is 40.5 Å². The summed E-state index contributed by atoms with van der Waals surface area (Å²) in [7, 11) is 1.59. The van der Waals surface area contributed by atoms with Crippen LogP contribution in [0.4, 0.5) is 8.78 Å². The third-order valence-electron chi connectivity index (χ3n) is 6.29. The highest BCUT2D eigenvalue weighted by Gasteiger charge is 2.54. The smallest absolute Gasteiger partial charge is 0.267 e. The van der Waals surface area contributed by atoms with Crippen LogP contribution in [0.1, 0.15) is 29.3 Å². The van der Waals surface area contributed by atoms with E-state index < -0.39 is 6.43 Å². The van der Waals surface area contributed by atoms with Crippen LogP contribution in [0.15, 0.2) is 30.7 Å². The summed E-state index contributed by atoms with van der Waals surface area (Å²) in [6.07, 6.45) is 2.90. The fourth-order valence-electron chi connectivity index (χ4n) is 4.81. The third kappa shape index (κ3) is 2.54. The number of halogens is 2. The molecule has 0 bridgehead atoms. The van der Waals surface area contributed by atoms with Gasteiger partial charge in [0.2, 0.25) is 0 Å². The average Bonchev–Trinajstić information content (AvgIpc) is 3.14. The van der Waals surface area contributed by atoms with Crippen molar-refractivity contribution < 1.29 is 13.5 Å². The number of pyridine rings is 1.